The zero-order valence-electron chi connectivity index (χ0n) is 18.1. The molecule has 0 radical (unpaired) electrons. The topological polar surface area (TPSA) is 79.5 Å². The highest BCUT2D eigenvalue weighted by molar-refractivity contribution is 7.89. The molecule has 0 saturated carbocycles. The van der Waals surface area contributed by atoms with Crippen LogP contribution in [0.25, 0.3) is 11.4 Å². The highest BCUT2D eigenvalue weighted by Gasteiger charge is 2.32. The second-order valence-corrected chi connectivity index (χ2v) is 9.95. The number of nitrogens with zero attached hydrogens (tertiary/aromatic N) is 4. The molecule has 2 aromatic carbocycles. The molecule has 176 valence electrons. The molecule has 3 aromatic rings. The average Bonchev–Trinajstić information content (AvgIpc) is 3.22. The van der Waals surface area contributed by atoms with Crippen molar-refractivity contribution < 1.29 is 26.1 Å². The summed E-state index contributed by atoms with van der Waals surface area (Å²) in [7, 11) is -3.59. The van der Waals surface area contributed by atoms with Crippen LogP contribution in [0.1, 0.15) is 22.6 Å². The lowest BCUT2D eigenvalue weighted by Crippen LogP contribution is -2.48. The van der Waals surface area contributed by atoms with E-state index in [1.165, 1.54) is 16.4 Å². The minimum absolute atomic E-state index is 0.0761. The molecule has 1 aromatic heterocycles. The van der Waals surface area contributed by atoms with E-state index in [9.17, 15) is 21.6 Å². The summed E-state index contributed by atoms with van der Waals surface area (Å²) in [6, 6.07) is 10.0. The highest BCUT2D eigenvalue weighted by atomic mass is 32.2. The van der Waals surface area contributed by atoms with Gasteiger partial charge in [0.05, 0.1) is 17.0 Å². The summed E-state index contributed by atoms with van der Waals surface area (Å²) in [5.74, 6) is 0.334. The lowest BCUT2D eigenvalue weighted by atomic mass is 10.1. The maximum Gasteiger partial charge on any atom is 0.416 e. The van der Waals surface area contributed by atoms with Crippen LogP contribution in [0.15, 0.2) is 51.9 Å². The number of aromatic nitrogens is 2. The van der Waals surface area contributed by atoms with E-state index in [2.05, 4.69) is 10.1 Å². The van der Waals surface area contributed by atoms with E-state index in [-0.39, 0.29) is 23.8 Å². The number of hydrogen-bond acceptors (Lipinski definition) is 6. The zero-order valence-corrected chi connectivity index (χ0v) is 18.9. The SMILES string of the molecule is Cc1ccc(S(=O)(=O)N2CCN(Cc3nc(-c4cccc(C(F)(F)F)c4)no3)CC2)c(C)c1. The van der Waals surface area contributed by atoms with Gasteiger partial charge < -0.3 is 4.52 Å². The number of alkyl halides is 3. The van der Waals surface area contributed by atoms with E-state index < -0.39 is 21.8 Å². The Kier molecular flexibility index (Phi) is 6.30. The molecule has 0 N–H and O–H groups in total. The van der Waals surface area contributed by atoms with Crippen LogP contribution in [-0.2, 0) is 22.7 Å². The van der Waals surface area contributed by atoms with E-state index in [1.807, 2.05) is 17.9 Å². The third kappa shape index (κ3) is 5.10. The summed E-state index contributed by atoms with van der Waals surface area (Å²) in [6.07, 6.45) is -4.46. The molecular weight excluding hydrogens is 457 g/mol. The molecular formula is C22H23F3N4O3S. The summed E-state index contributed by atoms with van der Waals surface area (Å²) < 4.78 is 71.6. The fourth-order valence-corrected chi connectivity index (χ4v) is 5.45. The monoisotopic (exact) mass is 480 g/mol. The Morgan fingerprint density at radius 3 is 2.42 bits per heavy atom. The predicted octanol–water partition coefficient (Wildman–Crippen LogP) is 3.88. The second kappa shape index (κ2) is 8.88. The second-order valence-electron chi connectivity index (χ2n) is 8.04. The first-order valence-corrected chi connectivity index (χ1v) is 11.8. The Hall–Kier alpha value is -2.76. The van der Waals surface area contributed by atoms with Gasteiger partial charge in [-0.3, -0.25) is 4.90 Å². The van der Waals surface area contributed by atoms with Crippen LogP contribution in [0.5, 0.6) is 0 Å². The van der Waals surface area contributed by atoms with Crippen molar-refractivity contribution in [3.8, 4) is 11.4 Å². The Bertz CT molecular complexity index is 1250. The maximum absolute atomic E-state index is 13.0. The Morgan fingerprint density at radius 2 is 1.76 bits per heavy atom. The molecule has 4 rings (SSSR count). The first-order chi connectivity index (χ1) is 15.5. The third-order valence-corrected chi connectivity index (χ3v) is 7.61. The molecule has 0 spiro atoms. The maximum atomic E-state index is 13.0. The van der Waals surface area contributed by atoms with Crippen LogP contribution < -0.4 is 0 Å². The van der Waals surface area contributed by atoms with E-state index in [4.69, 9.17) is 4.52 Å². The first-order valence-electron chi connectivity index (χ1n) is 10.3. The molecule has 0 amide bonds. The van der Waals surface area contributed by atoms with Crippen LogP contribution in [0.4, 0.5) is 13.2 Å². The van der Waals surface area contributed by atoms with Gasteiger partial charge in [0.2, 0.25) is 21.7 Å². The van der Waals surface area contributed by atoms with Gasteiger partial charge in [-0.2, -0.15) is 22.5 Å². The molecule has 33 heavy (non-hydrogen) atoms. The van der Waals surface area contributed by atoms with E-state index in [0.717, 1.165) is 17.7 Å². The smallest absolute Gasteiger partial charge is 0.338 e. The van der Waals surface area contributed by atoms with E-state index in [0.29, 0.717) is 36.6 Å². The van der Waals surface area contributed by atoms with E-state index >= 15 is 0 Å². The van der Waals surface area contributed by atoms with Crippen LogP contribution in [0, 0.1) is 13.8 Å². The van der Waals surface area contributed by atoms with Crippen molar-refractivity contribution in [3.05, 3.63) is 65.0 Å². The van der Waals surface area contributed by atoms with Gasteiger partial charge in [-0.05, 0) is 37.6 Å². The van der Waals surface area contributed by atoms with Crippen LogP contribution in [0.2, 0.25) is 0 Å². The molecule has 7 nitrogen and oxygen atoms in total. The molecule has 1 fully saturated rings. The zero-order chi connectivity index (χ0) is 23.8. The molecule has 0 bridgehead atoms. The lowest BCUT2D eigenvalue weighted by molar-refractivity contribution is -0.137. The van der Waals surface area contributed by atoms with Crippen LogP contribution in [-0.4, -0.2) is 53.9 Å². The molecule has 0 atom stereocenters. The average molecular weight is 481 g/mol. The van der Waals surface area contributed by atoms with Crippen molar-refractivity contribution in [2.24, 2.45) is 0 Å². The van der Waals surface area contributed by atoms with Crippen molar-refractivity contribution in [3.63, 3.8) is 0 Å². The fraction of sp³-hybridized carbons (Fsp3) is 0.364. The number of benzene rings is 2. The van der Waals surface area contributed by atoms with Gasteiger partial charge >= 0.3 is 6.18 Å². The molecule has 0 aliphatic carbocycles. The molecule has 1 aliphatic rings. The minimum Gasteiger partial charge on any atom is -0.338 e. The van der Waals surface area contributed by atoms with Gasteiger partial charge in [-0.1, -0.05) is 35.0 Å². The van der Waals surface area contributed by atoms with Gasteiger partial charge in [0, 0.05) is 31.7 Å². The number of rotatable bonds is 5. The Morgan fingerprint density at radius 1 is 1.03 bits per heavy atom. The lowest BCUT2D eigenvalue weighted by Gasteiger charge is -2.33. The first kappa shape index (κ1) is 23.4. The highest BCUT2D eigenvalue weighted by Crippen LogP contribution is 2.31. The van der Waals surface area contributed by atoms with Crippen molar-refractivity contribution in [1.29, 1.82) is 0 Å². The standard InChI is InChI=1S/C22H23F3N4O3S/c1-15-6-7-19(16(2)12-15)33(30,31)29-10-8-28(9-11-29)14-20-26-21(27-32-20)17-4-3-5-18(13-17)22(23,24)25/h3-7,12-13H,8-11,14H2,1-2H3. The number of aryl methyl sites for hydroxylation is 2. The minimum atomic E-state index is -4.46. The summed E-state index contributed by atoms with van der Waals surface area (Å²) in [6.45, 7) is 5.53. The third-order valence-electron chi connectivity index (χ3n) is 5.55. The summed E-state index contributed by atoms with van der Waals surface area (Å²) in [5, 5.41) is 3.80. The van der Waals surface area contributed by atoms with E-state index in [1.54, 1.807) is 19.1 Å². The normalized spacial score (nSPS) is 16.3. The largest absolute Gasteiger partial charge is 0.416 e. The fourth-order valence-electron chi connectivity index (χ4n) is 3.82. The van der Waals surface area contributed by atoms with Gasteiger partial charge in [0.25, 0.3) is 0 Å². The Balaban J connectivity index is 1.40. The Labute approximate surface area is 189 Å². The summed E-state index contributed by atoms with van der Waals surface area (Å²) >= 11 is 0. The van der Waals surface area contributed by atoms with Crippen LogP contribution in [0.3, 0.4) is 0 Å². The van der Waals surface area contributed by atoms with Gasteiger partial charge in [-0.15, -0.1) is 0 Å². The molecule has 1 saturated heterocycles. The summed E-state index contributed by atoms with van der Waals surface area (Å²) in [4.78, 5) is 6.49. The summed E-state index contributed by atoms with van der Waals surface area (Å²) in [5.41, 5.74) is 1.14. The number of piperazine rings is 1. The van der Waals surface area contributed by atoms with Gasteiger partial charge in [0.15, 0.2) is 0 Å². The van der Waals surface area contributed by atoms with Crippen molar-refractivity contribution in [1.82, 2.24) is 19.3 Å². The number of hydrogen-bond donors (Lipinski definition) is 0. The molecule has 11 heteroatoms. The van der Waals surface area contributed by atoms with Gasteiger partial charge in [0.1, 0.15) is 0 Å². The molecule has 2 heterocycles. The van der Waals surface area contributed by atoms with Crippen LogP contribution >= 0.6 is 0 Å². The predicted molar refractivity (Wildman–Crippen MR) is 115 cm³/mol. The quantitative estimate of drug-likeness (QED) is 0.552. The number of halogens is 3. The number of sulfonamides is 1. The van der Waals surface area contributed by atoms with Crippen molar-refractivity contribution >= 4 is 10.0 Å². The molecule has 1 aliphatic heterocycles. The van der Waals surface area contributed by atoms with Crippen molar-refractivity contribution in [2.75, 3.05) is 26.2 Å². The van der Waals surface area contributed by atoms with Crippen molar-refractivity contribution in [2.45, 2.75) is 31.5 Å². The molecule has 0 unspecified atom stereocenters. The van der Waals surface area contributed by atoms with Gasteiger partial charge in [-0.25, -0.2) is 8.42 Å².